The number of fused-ring (bicyclic) bond motifs is 4. The Morgan fingerprint density at radius 1 is 0.966 bits per heavy atom. The normalized spacial score (nSPS) is 22.3. The van der Waals surface area contributed by atoms with Crippen LogP contribution in [0.25, 0.3) is 10.8 Å². The molecular formula is C26H25NO2. The molecule has 2 atom stereocenters. The Morgan fingerprint density at radius 2 is 1.72 bits per heavy atom. The van der Waals surface area contributed by atoms with E-state index < -0.39 is 0 Å². The number of rotatable bonds is 2. The van der Waals surface area contributed by atoms with Crippen molar-refractivity contribution >= 4 is 22.2 Å². The van der Waals surface area contributed by atoms with Crippen molar-refractivity contribution in [2.24, 2.45) is 11.3 Å². The van der Waals surface area contributed by atoms with Gasteiger partial charge in [-0.05, 0) is 45.5 Å². The third-order valence-corrected chi connectivity index (χ3v) is 6.23. The van der Waals surface area contributed by atoms with Crippen molar-refractivity contribution in [3.05, 3.63) is 83.6 Å². The van der Waals surface area contributed by atoms with Gasteiger partial charge < -0.3 is 10.1 Å². The van der Waals surface area contributed by atoms with E-state index in [9.17, 15) is 4.79 Å². The van der Waals surface area contributed by atoms with E-state index in [1.54, 1.807) is 7.11 Å². The van der Waals surface area contributed by atoms with Gasteiger partial charge in [-0.1, -0.05) is 62.4 Å². The molecule has 2 aliphatic rings. The molecule has 0 amide bonds. The van der Waals surface area contributed by atoms with Crippen LogP contribution in [-0.2, 0) is 4.79 Å². The molecule has 3 nitrogen and oxygen atoms in total. The second-order valence-corrected chi connectivity index (χ2v) is 8.83. The Hall–Kier alpha value is -3.07. The molecular weight excluding hydrogens is 358 g/mol. The predicted octanol–water partition coefficient (Wildman–Crippen LogP) is 5.90. The first-order valence-corrected chi connectivity index (χ1v) is 10.1. The van der Waals surface area contributed by atoms with Crippen LogP contribution in [0.3, 0.4) is 0 Å². The maximum Gasteiger partial charge on any atom is 0.143 e. The number of carbonyl (C=O) groups is 1. The van der Waals surface area contributed by atoms with Gasteiger partial charge in [0, 0.05) is 23.7 Å². The lowest BCUT2D eigenvalue weighted by Gasteiger charge is -2.42. The fourth-order valence-electron chi connectivity index (χ4n) is 5.01. The zero-order valence-electron chi connectivity index (χ0n) is 17.0. The zero-order valence-corrected chi connectivity index (χ0v) is 17.0. The maximum absolute atomic E-state index is 13.4. The van der Waals surface area contributed by atoms with Gasteiger partial charge in [-0.25, -0.2) is 0 Å². The molecule has 3 aromatic carbocycles. The number of anilines is 1. The van der Waals surface area contributed by atoms with Gasteiger partial charge in [-0.2, -0.15) is 0 Å². The summed E-state index contributed by atoms with van der Waals surface area (Å²) >= 11 is 0. The van der Waals surface area contributed by atoms with Crippen molar-refractivity contribution < 1.29 is 9.53 Å². The number of Topliss-reactive ketones (excluding diaryl/α,β-unsaturated/α-hetero) is 1. The Morgan fingerprint density at radius 3 is 2.48 bits per heavy atom. The number of hydrogen-bond acceptors (Lipinski definition) is 3. The smallest absolute Gasteiger partial charge is 0.143 e. The first-order valence-electron chi connectivity index (χ1n) is 10.1. The van der Waals surface area contributed by atoms with Crippen LogP contribution in [-0.4, -0.2) is 12.9 Å². The fourth-order valence-corrected chi connectivity index (χ4v) is 5.01. The standard InChI is InChI=1S/C26H25NO2/c1-26(2)14-21-25(22(28)15-26)23(17-8-11-18(29-3)12-9-17)24-19-7-5-4-6-16(19)10-13-20(24)27-21/h4-14,23,25,27H,15H2,1-3H3. The highest BCUT2D eigenvalue weighted by atomic mass is 16.5. The quantitative estimate of drug-likeness (QED) is 0.598. The summed E-state index contributed by atoms with van der Waals surface area (Å²) in [7, 11) is 1.68. The van der Waals surface area contributed by atoms with E-state index in [4.69, 9.17) is 4.74 Å². The van der Waals surface area contributed by atoms with Crippen LogP contribution in [0.2, 0.25) is 0 Å². The van der Waals surface area contributed by atoms with Crippen LogP contribution in [0, 0.1) is 11.3 Å². The molecule has 1 aliphatic heterocycles. The van der Waals surface area contributed by atoms with E-state index in [2.05, 4.69) is 73.8 Å². The Balaban J connectivity index is 1.79. The fraction of sp³-hybridized carbons (Fsp3) is 0.269. The molecule has 3 aromatic rings. The number of allylic oxidation sites excluding steroid dienone is 2. The molecule has 3 heteroatoms. The average molecular weight is 383 g/mol. The molecule has 0 saturated carbocycles. The highest BCUT2D eigenvalue weighted by Crippen LogP contribution is 2.51. The summed E-state index contributed by atoms with van der Waals surface area (Å²) in [6.45, 7) is 4.27. The SMILES string of the molecule is COc1ccc(C2c3c(ccc4ccccc34)NC3=CC(C)(C)CC(=O)C32)cc1. The summed E-state index contributed by atoms with van der Waals surface area (Å²) in [6, 6.07) is 20.9. The van der Waals surface area contributed by atoms with Gasteiger partial charge in [0.05, 0.1) is 13.0 Å². The number of carbonyl (C=O) groups excluding carboxylic acids is 1. The van der Waals surface area contributed by atoms with E-state index in [0.29, 0.717) is 12.2 Å². The maximum atomic E-state index is 13.4. The van der Waals surface area contributed by atoms with Crippen LogP contribution in [0.15, 0.2) is 72.4 Å². The van der Waals surface area contributed by atoms with Crippen LogP contribution in [0.5, 0.6) is 5.75 Å². The van der Waals surface area contributed by atoms with Gasteiger partial charge in [0.15, 0.2) is 0 Å². The predicted molar refractivity (Wildman–Crippen MR) is 117 cm³/mol. The third kappa shape index (κ3) is 2.93. The Bertz CT molecular complexity index is 1140. The lowest BCUT2D eigenvalue weighted by atomic mass is 9.66. The van der Waals surface area contributed by atoms with Crippen molar-refractivity contribution in [1.29, 1.82) is 0 Å². The molecule has 0 fully saturated rings. The minimum atomic E-state index is -0.185. The van der Waals surface area contributed by atoms with Crippen molar-refractivity contribution in [2.45, 2.75) is 26.2 Å². The lowest BCUT2D eigenvalue weighted by Crippen LogP contribution is -2.39. The van der Waals surface area contributed by atoms with Crippen molar-refractivity contribution in [3.8, 4) is 5.75 Å². The topological polar surface area (TPSA) is 38.3 Å². The van der Waals surface area contributed by atoms with Crippen LogP contribution in [0.1, 0.15) is 37.3 Å². The largest absolute Gasteiger partial charge is 0.497 e. The highest BCUT2D eigenvalue weighted by molar-refractivity contribution is 5.97. The first kappa shape index (κ1) is 18.0. The number of methoxy groups -OCH3 is 1. The van der Waals surface area contributed by atoms with E-state index in [0.717, 1.165) is 22.7 Å². The molecule has 0 radical (unpaired) electrons. The number of ketones is 1. The first-order chi connectivity index (χ1) is 14.0. The molecule has 0 spiro atoms. The van der Waals surface area contributed by atoms with Gasteiger partial charge in [0.2, 0.25) is 0 Å². The minimum Gasteiger partial charge on any atom is -0.497 e. The van der Waals surface area contributed by atoms with Crippen LogP contribution >= 0.6 is 0 Å². The number of hydrogen-bond donors (Lipinski definition) is 1. The molecule has 0 bridgehead atoms. The van der Waals surface area contributed by atoms with Gasteiger partial charge in [-0.15, -0.1) is 0 Å². The zero-order chi connectivity index (χ0) is 20.2. The van der Waals surface area contributed by atoms with Gasteiger partial charge >= 0.3 is 0 Å². The summed E-state index contributed by atoms with van der Waals surface area (Å²) < 4.78 is 5.36. The molecule has 1 heterocycles. The minimum absolute atomic E-state index is 0.0156. The lowest BCUT2D eigenvalue weighted by molar-refractivity contribution is -0.124. The van der Waals surface area contributed by atoms with Gasteiger partial charge in [0.1, 0.15) is 11.5 Å². The molecule has 0 saturated heterocycles. The summed E-state index contributed by atoms with van der Waals surface area (Å²) in [4.78, 5) is 13.4. The Kier molecular flexibility index (Phi) is 4.02. The Labute approximate surface area is 171 Å². The molecule has 29 heavy (non-hydrogen) atoms. The summed E-state index contributed by atoms with van der Waals surface area (Å²) in [5, 5.41) is 6.02. The average Bonchev–Trinajstić information content (AvgIpc) is 2.71. The molecule has 5 rings (SSSR count). The monoisotopic (exact) mass is 383 g/mol. The molecule has 1 N–H and O–H groups in total. The molecule has 2 unspecified atom stereocenters. The summed E-state index contributed by atoms with van der Waals surface area (Å²) in [6.07, 6.45) is 2.82. The molecule has 1 aliphatic carbocycles. The number of benzene rings is 3. The summed E-state index contributed by atoms with van der Waals surface area (Å²) in [5.41, 5.74) is 4.36. The molecule has 146 valence electrons. The number of ether oxygens (including phenoxy) is 1. The van der Waals surface area contributed by atoms with Crippen molar-refractivity contribution in [3.63, 3.8) is 0 Å². The molecule has 0 aromatic heterocycles. The van der Waals surface area contributed by atoms with E-state index in [1.165, 1.54) is 16.3 Å². The van der Waals surface area contributed by atoms with Gasteiger partial charge in [0.25, 0.3) is 0 Å². The van der Waals surface area contributed by atoms with Crippen LogP contribution < -0.4 is 10.1 Å². The second kappa shape index (κ2) is 6.48. The second-order valence-electron chi connectivity index (χ2n) is 8.83. The van der Waals surface area contributed by atoms with E-state index in [-0.39, 0.29) is 17.3 Å². The number of nitrogens with one attached hydrogen (secondary N) is 1. The highest BCUT2D eigenvalue weighted by Gasteiger charge is 2.44. The van der Waals surface area contributed by atoms with E-state index in [1.807, 2.05) is 12.1 Å². The van der Waals surface area contributed by atoms with Gasteiger partial charge in [-0.3, -0.25) is 4.79 Å². The van der Waals surface area contributed by atoms with Crippen molar-refractivity contribution in [1.82, 2.24) is 0 Å². The van der Waals surface area contributed by atoms with Crippen LogP contribution in [0.4, 0.5) is 5.69 Å². The van der Waals surface area contributed by atoms with Crippen molar-refractivity contribution in [2.75, 3.05) is 12.4 Å². The summed E-state index contributed by atoms with van der Waals surface area (Å²) in [5.74, 6) is 0.930. The van der Waals surface area contributed by atoms with E-state index >= 15 is 0 Å². The third-order valence-electron chi connectivity index (χ3n) is 6.23.